The van der Waals surface area contributed by atoms with Crippen LogP contribution in [0.1, 0.15) is 47.0 Å². The summed E-state index contributed by atoms with van der Waals surface area (Å²) in [7, 11) is 0. The summed E-state index contributed by atoms with van der Waals surface area (Å²) in [4.78, 5) is 25.2. The van der Waals surface area contributed by atoms with Crippen LogP contribution in [-0.2, 0) is 9.53 Å². The Morgan fingerprint density at radius 2 is 2.12 bits per heavy atom. The highest BCUT2D eigenvalue weighted by atomic mass is 16.6. The Kier molecular flexibility index (Phi) is 4.54. The van der Waals surface area contributed by atoms with E-state index < -0.39 is 5.60 Å². The molecule has 0 radical (unpaired) electrons. The second-order valence-electron chi connectivity index (χ2n) is 5.63. The Bertz CT molecular complexity index is 294. The zero-order chi connectivity index (χ0) is 13.1. The number of ketones is 1. The molecule has 0 unspecified atom stereocenters. The van der Waals surface area contributed by atoms with Crippen LogP contribution >= 0.6 is 0 Å². The molecule has 0 N–H and O–H groups in total. The summed E-state index contributed by atoms with van der Waals surface area (Å²) in [6, 6.07) is 0. The van der Waals surface area contributed by atoms with Crippen LogP contribution < -0.4 is 0 Å². The first-order valence-corrected chi connectivity index (χ1v) is 6.34. The molecule has 0 aromatic rings. The predicted octanol–water partition coefficient (Wildman–Crippen LogP) is 2.61. The van der Waals surface area contributed by atoms with Gasteiger partial charge in [0.1, 0.15) is 11.4 Å². The van der Waals surface area contributed by atoms with Gasteiger partial charge in [-0.1, -0.05) is 13.3 Å². The molecule has 1 amide bonds. The summed E-state index contributed by atoms with van der Waals surface area (Å²) < 4.78 is 5.31. The largest absolute Gasteiger partial charge is 0.444 e. The molecule has 0 spiro atoms. The van der Waals surface area contributed by atoms with Crippen molar-refractivity contribution in [3.05, 3.63) is 0 Å². The lowest BCUT2D eigenvalue weighted by Crippen LogP contribution is -2.46. The van der Waals surface area contributed by atoms with Gasteiger partial charge in [-0.25, -0.2) is 4.79 Å². The zero-order valence-electron chi connectivity index (χ0n) is 11.3. The maximum atomic E-state index is 11.9. The fourth-order valence-electron chi connectivity index (χ4n) is 2.00. The van der Waals surface area contributed by atoms with Gasteiger partial charge >= 0.3 is 6.09 Å². The van der Waals surface area contributed by atoms with Crippen LogP contribution in [0, 0.1) is 5.92 Å². The van der Waals surface area contributed by atoms with Gasteiger partial charge < -0.3 is 9.64 Å². The third-order valence-corrected chi connectivity index (χ3v) is 2.81. The highest BCUT2D eigenvalue weighted by molar-refractivity contribution is 5.84. The van der Waals surface area contributed by atoms with E-state index in [2.05, 4.69) is 6.92 Å². The van der Waals surface area contributed by atoms with Gasteiger partial charge in [-0.15, -0.1) is 0 Å². The molecule has 4 nitrogen and oxygen atoms in total. The molecule has 1 rings (SSSR count). The first kappa shape index (κ1) is 14.0. The summed E-state index contributed by atoms with van der Waals surface area (Å²) in [5.41, 5.74) is -0.473. The average molecular weight is 241 g/mol. The minimum absolute atomic E-state index is 0.00117. The number of hydrogen-bond acceptors (Lipinski definition) is 3. The van der Waals surface area contributed by atoms with Crippen LogP contribution in [0.5, 0.6) is 0 Å². The molecule has 1 heterocycles. The summed E-state index contributed by atoms with van der Waals surface area (Å²) in [6.45, 7) is 8.62. The minimum Gasteiger partial charge on any atom is -0.444 e. The average Bonchev–Trinajstić information content (AvgIpc) is 2.19. The number of likely N-dealkylation sites (tertiary alicyclic amines) is 1. The molecule has 0 saturated carbocycles. The van der Waals surface area contributed by atoms with Crippen molar-refractivity contribution >= 4 is 11.9 Å². The lowest BCUT2D eigenvalue weighted by Gasteiger charge is -2.33. The molecule has 0 bridgehead atoms. The molecule has 1 saturated heterocycles. The molecule has 0 aliphatic carbocycles. The van der Waals surface area contributed by atoms with E-state index in [0.717, 1.165) is 12.8 Å². The van der Waals surface area contributed by atoms with Crippen LogP contribution in [0.25, 0.3) is 0 Å². The highest BCUT2D eigenvalue weighted by Gasteiger charge is 2.31. The Labute approximate surface area is 103 Å². The third kappa shape index (κ3) is 4.36. The van der Waals surface area contributed by atoms with Crippen molar-refractivity contribution in [1.29, 1.82) is 0 Å². The van der Waals surface area contributed by atoms with Crippen LogP contribution in [0.15, 0.2) is 0 Å². The molecule has 98 valence electrons. The van der Waals surface area contributed by atoms with E-state index in [9.17, 15) is 9.59 Å². The second-order valence-corrected chi connectivity index (χ2v) is 5.63. The first-order valence-electron chi connectivity index (χ1n) is 6.34. The number of hydrogen-bond donors (Lipinski definition) is 0. The van der Waals surface area contributed by atoms with Gasteiger partial charge in [0.05, 0.1) is 0 Å². The number of ether oxygens (including phenoxy) is 1. The van der Waals surface area contributed by atoms with E-state index >= 15 is 0 Å². The predicted molar refractivity (Wildman–Crippen MR) is 65.8 cm³/mol. The monoisotopic (exact) mass is 241 g/mol. The quantitative estimate of drug-likeness (QED) is 0.746. The van der Waals surface area contributed by atoms with Crippen molar-refractivity contribution in [3.8, 4) is 0 Å². The second kappa shape index (κ2) is 5.52. The number of Topliss-reactive ketones (excluding diaryl/α,β-unsaturated/α-hetero) is 1. The Morgan fingerprint density at radius 1 is 1.47 bits per heavy atom. The summed E-state index contributed by atoms with van der Waals surface area (Å²) >= 11 is 0. The summed E-state index contributed by atoms with van der Waals surface area (Å²) in [6.07, 6.45) is 1.99. The van der Waals surface area contributed by atoms with Crippen LogP contribution in [0.2, 0.25) is 0 Å². The molecule has 1 fully saturated rings. The number of carbonyl (C=O) groups is 2. The van der Waals surface area contributed by atoms with Crippen molar-refractivity contribution < 1.29 is 14.3 Å². The number of rotatable bonds is 2. The SMILES string of the molecule is CCC[C@H]1CN(C(=O)OC(C)(C)C)CCC1=O. The van der Waals surface area contributed by atoms with Crippen molar-refractivity contribution in [2.24, 2.45) is 5.92 Å². The van der Waals surface area contributed by atoms with E-state index in [0.29, 0.717) is 19.5 Å². The van der Waals surface area contributed by atoms with E-state index in [1.54, 1.807) is 4.90 Å². The Hall–Kier alpha value is -1.06. The van der Waals surface area contributed by atoms with Crippen molar-refractivity contribution in [1.82, 2.24) is 4.90 Å². The van der Waals surface area contributed by atoms with E-state index in [4.69, 9.17) is 4.74 Å². The number of carbonyl (C=O) groups excluding carboxylic acids is 2. The van der Waals surface area contributed by atoms with Crippen LogP contribution in [0.4, 0.5) is 4.79 Å². The van der Waals surface area contributed by atoms with E-state index in [-0.39, 0.29) is 17.8 Å². The maximum Gasteiger partial charge on any atom is 0.410 e. The molecule has 1 aliphatic heterocycles. The van der Waals surface area contributed by atoms with Crippen LogP contribution in [0.3, 0.4) is 0 Å². The Morgan fingerprint density at radius 3 is 2.65 bits per heavy atom. The minimum atomic E-state index is -0.473. The summed E-state index contributed by atoms with van der Waals surface area (Å²) in [5, 5.41) is 0. The first-order chi connectivity index (χ1) is 7.83. The van der Waals surface area contributed by atoms with Gasteiger partial charge in [-0.05, 0) is 27.2 Å². The number of nitrogens with zero attached hydrogens (tertiary/aromatic N) is 1. The zero-order valence-corrected chi connectivity index (χ0v) is 11.3. The smallest absolute Gasteiger partial charge is 0.410 e. The molecule has 0 aromatic carbocycles. The molecular weight excluding hydrogens is 218 g/mol. The highest BCUT2D eigenvalue weighted by Crippen LogP contribution is 2.20. The normalized spacial score (nSPS) is 21.5. The molecular formula is C13H23NO3. The number of amides is 1. The van der Waals surface area contributed by atoms with Gasteiger partial charge in [-0.3, -0.25) is 4.79 Å². The third-order valence-electron chi connectivity index (χ3n) is 2.81. The lowest BCUT2D eigenvalue weighted by atomic mass is 9.92. The van der Waals surface area contributed by atoms with Crippen molar-refractivity contribution in [3.63, 3.8) is 0 Å². The maximum absolute atomic E-state index is 11.9. The molecule has 1 aliphatic rings. The summed E-state index contributed by atoms with van der Waals surface area (Å²) in [5.74, 6) is 0.285. The van der Waals surface area contributed by atoms with Crippen molar-refractivity contribution in [2.75, 3.05) is 13.1 Å². The number of piperidine rings is 1. The fourth-order valence-corrected chi connectivity index (χ4v) is 2.00. The molecule has 1 atom stereocenters. The van der Waals surface area contributed by atoms with Crippen LogP contribution in [-0.4, -0.2) is 35.5 Å². The van der Waals surface area contributed by atoms with Gasteiger partial charge in [0.25, 0.3) is 0 Å². The van der Waals surface area contributed by atoms with Gasteiger partial charge in [0.15, 0.2) is 0 Å². The van der Waals surface area contributed by atoms with Gasteiger partial charge in [0, 0.05) is 25.4 Å². The van der Waals surface area contributed by atoms with Crippen molar-refractivity contribution in [2.45, 2.75) is 52.6 Å². The topological polar surface area (TPSA) is 46.6 Å². The van der Waals surface area contributed by atoms with E-state index in [1.807, 2.05) is 20.8 Å². The standard InChI is InChI=1S/C13H23NO3/c1-5-6-10-9-14(8-7-11(10)15)12(16)17-13(2,3)4/h10H,5-9H2,1-4H3/t10-/m0/s1. The molecule has 0 aromatic heterocycles. The van der Waals surface area contributed by atoms with Gasteiger partial charge in [0.2, 0.25) is 0 Å². The molecule has 4 heteroatoms. The van der Waals surface area contributed by atoms with E-state index in [1.165, 1.54) is 0 Å². The van der Waals surface area contributed by atoms with Gasteiger partial charge in [-0.2, -0.15) is 0 Å². The lowest BCUT2D eigenvalue weighted by molar-refractivity contribution is -0.126. The Balaban J connectivity index is 2.55. The fraction of sp³-hybridized carbons (Fsp3) is 0.846. The molecule has 17 heavy (non-hydrogen) atoms.